The molecule has 1 N–H and O–H groups in total. The number of rotatable bonds is 6. The van der Waals surface area contributed by atoms with Crippen molar-refractivity contribution in [2.75, 3.05) is 13.6 Å². The average Bonchev–Trinajstić information content (AvgIpc) is 2.76. The summed E-state index contributed by atoms with van der Waals surface area (Å²) in [5, 5.41) is 8.94. The Morgan fingerprint density at radius 3 is 2.72 bits per heavy atom. The molecule has 1 aromatic heterocycles. The first-order chi connectivity index (χ1) is 8.45. The molecule has 0 aliphatic heterocycles. The standard InChI is InChI=1S/C13H20N2O3/c1-4-10(2)8-14(3)12(16)9-15-7-5-6-11(15)13(17)18/h5-7,10H,4,8-9H2,1-3H3,(H,17,18). The van der Waals surface area contributed by atoms with Crippen LogP contribution in [0.25, 0.3) is 0 Å². The van der Waals surface area contributed by atoms with E-state index in [0.29, 0.717) is 12.5 Å². The molecule has 0 bridgehead atoms. The van der Waals surface area contributed by atoms with Crippen molar-refractivity contribution in [1.29, 1.82) is 0 Å². The van der Waals surface area contributed by atoms with Crippen molar-refractivity contribution < 1.29 is 14.7 Å². The summed E-state index contributed by atoms with van der Waals surface area (Å²) in [6.07, 6.45) is 2.62. The second kappa shape index (κ2) is 6.23. The molecule has 0 spiro atoms. The summed E-state index contributed by atoms with van der Waals surface area (Å²) in [6.45, 7) is 4.93. The van der Waals surface area contributed by atoms with Gasteiger partial charge in [0.2, 0.25) is 5.91 Å². The van der Waals surface area contributed by atoms with Gasteiger partial charge in [0.1, 0.15) is 12.2 Å². The molecule has 100 valence electrons. The highest BCUT2D eigenvalue weighted by atomic mass is 16.4. The number of aromatic nitrogens is 1. The number of hydrogen-bond donors (Lipinski definition) is 1. The molecule has 0 saturated carbocycles. The van der Waals surface area contributed by atoms with Crippen LogP contribution < -0.4 is 0 Å². The van der Waals surface area contributed by atoms with E-state index in [2.05, 4.69) is 13.8 Å². The van der Waals surface area contributed by atoms with Crippen molar-refractivity contribution in [3.8, 4) is 0 Å². The van der Waals surface area contributed by atoms with Crippen LogP contribution in [0.4, 0.5) is 0 Å². The highest BCUT2D eigenvalue weighted by Crippen LogP contribution is 2.06. The third-order valence-corrected chi connectivity index (χ3v) is 3.06. The molecule has 1 atom stereocenters. The molecule has 1 heterocycles. The van der Waals surface area contributed by atoms with Crippen LogP contribution in [0.5, 0.6) is 0 Å². The van der Waals surface area contributed by atoms with Gasteiger partial charge in [-0.05, 0) is 18.1 Å². The van der Waals surface area contributed by atoms with E-state index in [0.717, 1.165) is 6.42 Å². The first kappa shape index (κ1) is 14.3. The topological polar surface area (TPSA) is 62.5 Å². The summed E-state index contributed by atoms with van der Waals surface area (Å²) in [7, 11) is 1.75. The molecule has 0 aliphatic carbocycles. The van der Waals surface area contributed by atoms with Gasteiger partial charge >= 0.3 is 5.97 Å². The molecule has 0 fully saturated rings. The highest BCUT2D eigenvalue weighted by Gasteiger charge is 2.15. The molecule has 0 aliphatic rings. The van der Waals surface area contributed by atoms with Crippen LogP contribution in [-0.4, -0.2) is 40.0 Å². The molecular formula is C13H20N2O3. The SMILES string of the molecule is CCC(C)CN(C)C(=O)Cn1cccc1C(=O)O. The van der Waals surface area contributed by atoms with E-state index in [4.69, 9.17) is 5.11 Å². The number of hydrogen-bond acceptors (Lipinski definition) is 2. The number of carboxylic acid groups (broad SMARTS) is 1. The van der Waals surface area contributed by atoms with Crippen molar-refractivity contribution in [3.05, 3.63) is 24.0 Å². The van der Waals surface area contributed by atoms with E-state index < -0.39 is 5.97 Å². The predicted octanol–water partition coefficient (Wildman–Crippen LogP) is 1.69. The number of nitrogens with zero attached hydrogens (tertiary/aromatic N) is 2. The molecule has 18 heavy (non-hydrogen) atoms. The zero-order valence-corrected chi connectivity index (χ0v) is 11.1. The molecule has 5 nitrogen and oxygen atoms in total. The maximum absolute atomic E-state index is 11.9. The number of carboxylic acids is 1. The Balaban J connectivity index is 2.64. The fourth-order valence-corrected chi connectivity index (χ4v) is 1.71. The van der Waals surface area contributed by atoms with Gasteiger partial charge in [0.25, 0.3) is 0 Å². The minimum Gasteiger partial charge on any atom is -0.477 e. The second-order valence-electron chi connectivity index (χ2n) is 4.61. The van der Waals surface area contributed by atoms with Crippen LogP contribution in [0.3, 0.4) is 0 Å². The lowest BCUT2D eigenvalue weighted by molar-refractivity contribution is -0.131. The molecular weight excluding hydrogens is 232 g/mol. The number of carbonyl (C=O) groups is 2. The van der Waals surface area contributed by atoms with E-state index in [1.165, 1.54) is 10.6 Å². The van der Waals surface area contributed by atoms with Gasteiger partial charge < -0.3 is 14.6 Å². The largest absolute Gasteiger partial charge is 0.477 e. The Bertz CT molecular complexity index is 426. The number of likely N-dealkylation sites (N-methyl/N-ethyl adjacent to an activating group) is 1. The highest BCUT2D eigenvalue weighted by molar-refractivity contribution is 5.86. The lowest BCUT2D eigenvalue weighted by Gasteiger charge is -2.21. The maximum atomic E-state index is 11.9. The fourth-order valence-electron chi connectivity index (χ4n) is 1.71. The van der Waals surface area contributed by atoms with E-state index >= 15 is 0 Å². The molecule has 1 aromatic rings. The lowest BCUT2D eigenvalue weighted by Crippen LogP contribution is -2.34. The van der Waals surface area contributed by atoms with E-state index in [1.807, 2.05) is 0 Å². The van der Waals surface area contributed by atoms with Crippen molar-refractivity contribution >= 4 is 11.9 Å². The van der Waals surface area contributed by atoms with Gasteiger partial charge in [0.15, 0.2) is 0 Å². The third kappa shape index (κ3) is 3.61. The van der Waals surface area contributed by atoms with Crippen LogP contribution in [0.1, 0.15) is 30.8 Å². The summed E-state index contributed by atoms with van der Waals surface area (Å²) >= 11 is 0. The van der Waals surface area contributed by atoms with Gasteiger partial charge in [-0.3, -0.25) is 4.79 Å². The van der Waals surface area contributed by atoms with E-state index in [-0.39, 0.29) is 18.1 Å². The van der Waals surface area contributed by atoms with Crippen LogP contribution in [0.15, 0.2) is 18.3 Å². The monoisotopic (exact) mass is 252 g/mol. The fraction of sp³-hybridized carbons (Fsp3) is 0.538. The summed E-state index contributed by atoms with van der Waals surface area (Å²) in [6, 6.07) is 3.12. The minimum atomic E-state index is -1.02. The van der Waals surface area contributed by atoms with Crippen molar-refractivity contribution in [1.82, 2.24) is 9.47 Å². The molecule has 0 saturated heterocycles. The Labute approximate surface area is 107 Å². The van der Waals surface area contributed by atoms with Gasteiger partial charge in [-0.15, -0.1) is 0 Å². The number of carbonyl (C=O) groups excluding carboxylic acids is 1. The Morgan fingerprint density at radius 2 is 2.17 bits per heavy atom. The van der Waals surface area contributed by atoms with Gasteiger partial charge in [0.05, 0.1) is 0 Å². The average molecular weight is 252 g/mol. The first-order valence-electron chi connectivity index (χ1n) is 6.08. The van der Waals surface area contributed by atoms with Crippen molar-refractivity contribution in [2.45, 2.75) is 26.8 Å². The summed E-state index contributed by atoms with van der Waals surface area (Å²) in [5.74, 6) is -0.645. The van der Waals surface area contributed by atoms with Gasteiger partial charge in [-0.25, -0.2) is 4.79 Å². The molecule has 1 unspecified atom stereocenters. The van der Waals surface area contributed by atoms with Gasteiger partial charge in [-0.2, -0.15) is 0 Å². The van der Waals surface area contributed by atoms with E-state index in [9.17, 15) is 9.59 Å². The quantitative estimate of drug-likeness (QED) is 0.838. The molecule has 0 radical (unpaired) electrons. The first-order valence-corrected chi connectivity index (χ1v) is 6.08. The molecule has 1 amide bonds. The van der Waals surface area contributed by atoms with Gasteiger partial charge in [-0.1, -0.05) is 20.3 Å². The van der Waals surface area contributed by atoms with Gasteiger partial charge in [0, 0.05) is 19.8 Å². The molecule has 0 aromatic carbocycles. The third-order valence-electron chi connectivity index (χ3n) is 3.06. The van der Waals surface area contributed by atoms with Crippen LogP contribution in [0.2, 0.25) is 0 Å². The lowest BCUT2D eigenvalue weighted by atomic mass is 10.1. The van der Waals surface area contributed by atoms with Crippen LogP contribution >= 0.6 is 0 Å². The molecule has 5 heteroatoms. The Hall–Kier alpha value is -1.78. The summed E-state index contributed by atoms with van der Waals surface area (Å²) < 4.78 is 1.46. The van der Waals surface area contributed by atoms with Crippen LogP contribution in [0, 0.1) is 5.92 Å². The second-order valence-corrected chi connectivity index (χ2v) is 4.61. The Morgan fingerprint density at radius 1 is 1.50 bits per heavy atom. The zero-order valence-electron chi connectivity index (χ0n) is 11.1. The predicted molar refractivity (Wildman–Crippen MR) is 68.5 cm³/mol. The minimum absolute atomic E-state index is 0.0710. The van der Waals surface area contributed by atoms with Crippen molar-refractivity contribution in [3.63, 3.8) is 0 Å². The number of aromatic carboxylic acids is 1. The number of amides is 1. The zero-order chi connectivity index (χ0) is 13.7. The summed E-state index contributed by atoms with van der Waals surface area (Å²) in [4.78, 5) is 24.5. The molecule has 1 rings (SSSR count). The maximum Gasteiger partial charge on any atom is 0.352 e. The summed E-state index contributed by atoms with van der Waals surface area (Å²) in [5.41, 5.74) is 0.139. The van der Waals surface area contributed by atoms with E-state index in [1.54, 1.807) is 24.2 Å². The smallest absolute Gasteiger partial charge is 0.352 e. The normalized spacial score (nSPS) is 12.2. The van der Waals surface area contributed by atoms with Crippen LogP contribution in [-0.2, 0) is 11.3 Å². The van der Waals surface area contributed by atoms with Crippen molar-refractivity contribution in [2.24, 2.45) is 5.92 Å². The Kier molecular flexibility index (Phi) is 4.95.